The lowest BCUT2D eigenvalue weighted by molar-refractivity contribution is 1.35. The van der Waals surface area contributed by atoms with Gasteiger partial charge < -0.3 is 0 Å². The van der Waals surface area contributed by atoms with Crippen molar-refractivity contribution in [1.82, 2.24) is 4.98 Å². The van der Waals surface area contributed by atoms with E-state index in [4.69, 9.17) is 11.6 Å². The molecule has 0 aliphatic carbocycles. The predicted octanol–water partition coefficient (Wildman–Crippen LogP) is 5.31. The van der Waals surface area contributed by atoms with Crippen molar-refractivity contribution in [2.75, 3.05) is 0 Å². The van der Waals surface area contributed by atoms with E-state index in [1.165, 1.54) is 0 Å². The van der Waals surface area contributed by atoms with Crippen LogP contribution in [0.1, 0.15) is 33.3 Å². The van der Waals surface area contributed by atoms with E-state index in [9.17, 15) is 0 Å². The largest absolute Gasteiger partial charge is 0.245 e. The highest BCUT2D eigenvalue weighted by molar-refractivity contribution is 7.17. The maximum atomic E-state index is 5.91. The van der Waals surface area contributed by atoms with E-state index in [2.05, 4.69) is 11.1 Å². The van der Waals surface area contributed by atoms with Crippen molar-refractivity contribution in [3.8, 4) is 0 Å². The zero-order valence-corrected chi connectivity index (χ0v) is 11.5. The van der Waals surface area contributed by atoms with E-state index >= 15 is 0 Å². The molecule has 2 heterocycles. The van der Waals surface area contributed by atoms with Crippen LogP contribution < -0.4 is 0 Å². The predicted molar refractivity (Wildman–Crippen MR) is 72.1 cm³/mol. The number of rotatable bonds is 0. The lowest BCUT2D eigenvalue weighted by Gasteiger charge is -1.91. The first-order valence-electron chi connectivity index (χ1n) is 5.27. The van der Waals surface area contributed by atoms with Gasteiger partial charge in [0.05, 0.1) is 5.02 Å². The van der Waals surface area contributed by atoms with Crippen LogP contribution in [0.3, 0.4) is 0 Å². The molecule has 0 bridgehead atoms. The van der Waals surface area contributed by atoms with Crippen LogP contribution in [0.4, 0.5) is 0 Å². The number of halogens is 1. The Morgan fingerprint density at radius 1 is 1.20 bits per heavy atom. The van der Waals surface area contributed by atoms with Crippen LogP contribution in [0.15, 0.2) is 17.6 Å². The minimum absolute atomic E-state index is 0.807. The van der Waals surface area contributed by atoms with E-state index < -0.39 is 0 Å². The highest BCUT2D eigenvalue weighted by Crippen LogP contribution is 2.28. The van der Waals surface area contributed by atoms with Gasteiger partial charge in [-0.05, 0) is 18.6 Å². The molecule has 2 aromatic heterocycles. The molecule has 15 heavy (non-hydrogen) atoms. The minimum atomic E-state index is 0.807. The molecule has 2 aromatic rings. The van der Waals surface area contributed by atoms with Gasteiger partial charge in [-0.2, -0.15) is 0 Å². The molecule has 0 spiro atoms. The monoisotopic (exact) mass is 243 g/mol. The van der Waals surface area contributed by atoms with Crippen molar-refractivity contribution in [1.29, 1.82) is 0 Å². The Kier molecular flexibility index (Phi) is 7.35. The van der Waals surface area contributed by atoms with Crippen LogP contribution in [0.25, 0.3) is 10.2 Å². The first-order chi connectivity index (χ1) is 7.27. The van der Waals surface area contributed by atoms with Gasteiger partial charge in [-0.15, -0.1) is 11.3 Å². The van der Waals surface area contributed by atoms with Gasteiger partial charge in [-0.1, -0.05) is 39.3 Å². The molecule has 0 radical (unpaired) electrons. The molecule has 0 unspecified atom stereocenters. The molecule has 0 fully saturated rings. The van der Waals surface area contributed by atoms with E-state index in [0.717, 1.165) is 20.8 Å². The summed E-state index contributed by atoms with van der Waals surface area (Å²) in [5, 5.41) is 3.79. The van der Waals surface area contributed by atoms with E-state index in [1.54, 1.807) is 11.3 Å². The molecule has 1 nitrogen and oxygen atoms in total. The summed E-state index contributed by atoms with van der Waals surface area (Å²) in [5.41, 5.74) is 1.15. The average Bonchev–Trinajstić information content (AvgIpc) is 2.66. The number of hydrogen-bond donors (Lipinski definition) is 0. The van der Waals surface area contributed by atoms with Crippen molar-refractivity contribution in [3.05, 3.63) is 28.2 Å². The summed E-state index contributed by atoms with van der Waals surface area (Å²) in [6.07, 6.45) is 1.86. The van der Waals surface area contributed by atoms with Crippen LogP contribution in [0.2, 0.25) is 5.02 Å². The number of pyridine rings is 1. The third-order valence-electron chi connectivity index (χ3n) is 1.52. The Morgan fingerprint density at radius 2 is 1.80 bits per heavy atom. The Bertz CT molecular complexity index is 395. The molecule has 0 saturated heterocycles. The van der Waals surface area contributed by atoms with Gasteiger partial charge in [0.25, 0.3) is 0 Å². The second-order valence-electron chi connectivity index (χ2n) is 2.45. The van der Waals surface area contributed by atoms with E-state index in [-0.39, 0.29) is 0 Å². The summed E-state index contributed by atoms with van der Waals surface area (Å²) in [6, 6.07) is 2.06. The smallest absolute Gasteiger partial charge is 0.124 e. The number of thiophene rings is 1. The van der Waals surface area contributed by atoms with Gasteiger partial charge in [-0.3, -0.25) is 0 Å². The standard InChI is InChI=1S/C8H6ClNS.2C2H6/c1-5-2-6-7(9)4-11-8(6)10-3-5;2*1-2/h2-4H,1H3;2*1-2H3. The first kappa shape index (κ1) is 14.4. The molecule has 0 amide bonds. The topological polar surface area (TPSA) is 12.9 Å². The molecule has 2 rings (SSSR count). The van der Waals surface area contributed by atoms with Gasteiger partial charge in [0.2, 0.25) is 0 Å². The molecule has 0 aromatic carbocycles. The van der Waals surface area contributed by atoms with Crippen LogP contribution in [-0.4, -0.2) is 4.98 Å². The van der Waals surface area contributed by atoms with Crippen LogP contribution in [0.5, 0.6) is 0 Å². The van der Waals surface area contributed by atoms with Gasteiger partial charge in [-0.25, -0.2) is 4.98 Å². The molecule has 0 atom stereocenters. The molecule has 0 saturated carbocycles. The molecule has 0 aliphatic heterocycles. The number of aromatic nitrogens is 1. The Labute approximate surface area is 101 Å². The number of hydrogen-bond acceptors (Lipinski definition) is 2. The van der Waals surface area contributed by atoms with Crippen LogP contribution >= 0.6 is 22.9 Å². The van der Waals surface area contributed by atoms with Crippen molar-refractivity contribution in [2.45, 2.75) is 34.6 Å². The number of nitrogens with zero attached hydrogens (tertiary/aromatic N) is 1. The van der Waals surface area contributed by atoms with Crippen LogP contribution in [0, 0.1) is 6.92 Å². The Morgan fingerprint density at radius 3 is 2.40 bits per heavy atom. The highest BCUT2D eigenvalue weighted by atomic mass is 35.5. The van der Waals surface area contributed by atoms with Gasteiger partial charge in [0, 0.05) is 17.0 Å². The fourth-order valence-corrected chi connectivity index (χ4v) is 2.08. The molecule has 3 heteroatoms. The second kappa shape index (κ2) is 7.66. The average molecular weight is 244 g/mol. The van der Waals surface area contributed by atoms with Crippen molar-refractivity contribution in [3.63, 3.8) is 0 Å². The quantitative estimate of drug-likeness (QED) is 0.611. The summed E-state index contributed by atoms with van der Waals surface area (Å²) in [6.45, 7) is 10.0. The molecular formula is C12H18ClNS. The lowest BCUT2D eigenvalue weighted by atomic mass is 10.2. The summed E-state index contributed by atoms with van der Waals surface area (Å²) in [5.74, 6) is 0. The normalized spacial score (nSPS) is 8.67. The molecular weight excluding hydrogens is 226 g/mol. The Balaban J connectivity index is 0.000000442. The summed E-state index contributed by atoms with van der Waals surface area (Å²) < 4.78 is 0. The zero-order valence-electron chi connectivity index (χ0n) is 9.97. The highest BCUT2D eigenvalue weighted by Gasteiger charge is 2.01. The SMILES string of the molecule is CC.CC.Cc1cnc2scc(Cl)c2c1. The second-order valence-corrected chi connectivity index (χ2v) is 3.71. The van der Waals surface area contributed by atoms with Gasteiger partial charge in [0.1, 0.15) is 4.83 Å². The van der Waals surface area contributed by atoms with E-state index in [0.29, 0.717) is 0 Å². The third kappa shape index (κ3) is 3.80. The Hall–Kier alpha value is -0.600. The zero-order chi connectivity index (χ0) is 11.8. The number of fused-ring (bicyclic) bond motifs is 1. The molecule has 0 aliphatic rings. The van der Waals surface area contributed by atoms with Crippen molar-refractivity contribution >= 4 is 33.2 Å². The first-order valence-corrected chi connectivity index (χ1v) is 6.52. The van der Waals surface area contributed by atoms with E-state index in [1.807, 2.05) is 46.2 Å². The molecule has 0 N–H and O–H groups in total. The summed E-state index contributed by atoms with van der Waals surface area (Å²) in [4.78, 5) is 5.25. The van der Waals surface area contributed by atoms with Gasteiger partial charge in [0.15, 0.2) is 0 Å². The number of aryl methyl sites for hydroxylation is 1. The minimum Gasteiger partial charge on any atom is -0.245 e. The van der Waals surface area contributed by atoms with Gasteiger partial charge >= 0.3 is 0 Å². The lowest BCUT2D eigenvalue weighted by Crippen LogP contribution is -1.74. The third-order valence-corrected chi connectivity index (χ3v) is 2.86. The maximum Gasteiger partial charge on any atom is 0.124 e. The fourth-order valence-electron chi connectivity index (χ4n) is 0.993. The molecule has 84 valence electrons. The van der Waals surface area contributed by atoms with Crippen molar-refractivity contribution in [2.24, 2.45) is 0 Å². The maximum absolute atomic E-state index is 5.91. The summed E-state index contributed by atoms with van der Waals surface area (Å²) in [7, 11) is 0. The van der Waals surface area contributed by atoms with Crippen molar-refractivity contribution < 1.29 is 0 Å². The van der Waals surface area contributed by atoms with Crippen LogP contribution in [-0.2, 0) is 0 Å². The fraction of sp³-hybridized carbons (Fsp3) is 0.417. The summed E-state index contributed by atoms with van der Waals surface area (Å²) >= 11 is 7.49.